The molecule has 1 amide bonds. The number of carbonyl (C=O) groups is 1. The Balaban J connectivity index is 1.91. The molecule has 0 aromatic carbocycles. The maximum atomic E-state index is 11.5. The van der Waals surface area contributed by atoms with E-state index in [2.05, 4.69) is 10.2 Å². The topological polar surface area (TPSA) is 64.5 Å². The molecule has 0 saturated carbocycles. The number of ether oxygens (including phenoxy) is 2. The molecule has 2 heterocycles. The van der Waals surface area contributed by atoms with Crippen molar-refractivity contribution >= 4 is 6.09 Å². The molecule has 80 valence electrons. The van der Waals surface area contributed by atoms with Crippen LogP contribution < -0.4 is 4.74 Å². The summed E-state index contributed by atoms with van der Waals surface area (Å²) in [6.45, 7) is 2.21. The fourth-order valence-corrected chi connectivity index (χ4v) is 1.24. The summed E-state index contributed by atoms with van der Waals surface area (Å²) in [7, 11) is 0. The molecular weight excluding hydrogens is 198 g/mol. The molecule has 1 aliphatic rings. The fourth-order valence-electron chi connectivity index (χ4n) is 1.24. The van der Waals surface area contributed by atoms with Gasteiger partial charge < -0.3 is 14.4 Å². The molecule has 2 rings (SSSR count). The van der Waals surface area contributed by atoms with Crippen molar-refractivity contribution in [3.05, 3.63) is 18.3 Å². The fraction of sp³-hybridized carbons (Fsp3) is 0.444. The van der Waals surface area contributed by atoms with Crippen molar-refractivity contribution in [2.75, 3.05) is 26.3 Å². The van der Waals surface area contributed by atoms with Crippen molar-refractivity contribution in [3.63, 3.8) is 0 Å². The molecule has 0 N–H and O–H groups in total. The average molecular weight is 209 g/mol. The van der Waals surface area contributed by atoms with Crippen LogP contribution in [0, 0.1) is 0 Å². The van der Waals surface area contributed by atoms with E-state index in [-0.39, 0.29) is 5.88 Å². The highest BCUT2D eigenvalue weighted by atomic mass is 16.6. The van der Waals surface area contributed by atoms with Gasteiger partial charge in [-0.05, 0) is 6.07 Å². The Morgan fingerprint density at radius 2 is 2.27 bits per heavy atom. The predicted molar refractivity (Wildman–Crippen MR) is 50.4 cm³/mol. The number of hydrogen-bond donors (Lipinski definition) is 0. The summed E-state index contributed by atoms with van der Waals surface area (Å²) in [6.07, 6.45) is 1.12. The molecule has 1 fully saturated rings. The van der Waals surface area contributed by atoms with Crippen LogP contribution in [0.15, 0.2) is 18.3 Å². The van der Waals surface area contributed by atoms with E-state index in [1.807, 2.05) is 0 Å². The van der Waals surface area contributed by atoms with Crippen molar-refractivity contribution in [1.82, 2.24) is 15.1 Å². The molecule has 1 saturated heterocycles. The van der Waals surface area contributed by atoms with E-state index < -0.39 is 6.09 Å². The normalized spacial score (nSPS) is 16.1. The first-order valence-electron chi connectivity index (χ1n) is 4.68. The molecule has 15 heavy (non-hydrogen) atoms. The number of carbonyl (C=O) groups excluding carboxylic acids is 1. The van der Waals surface area contributed by atoms with E-state index in [9.17, 15) is 4.79 Å². The van der Waals surface area contributed by atoms with Crippen LogP contribution in [0.5, 0.6) is 5.88 Å². The van der Waals surface area contributed by atoms with Crippen LogP contribution >= 0.6 is 0 Å². The maximum absolute atomic E-state index is 11.5. The van der Waals surface area contributed by atoms with Gasteiger partial charge in [-0.2, -0.15) is 5.10 Å². The summed E-state index contributed by atoms with van der Waals surface area (Å²) in [5.74, 6) is 0.217. The van der Waals surface area contributed by atoms with Gasteiger partial charge in [-0.3, -0.25) is 0 Å². The molecule has 1 aromatic rings. The summed E-state index contributed by atoms with van der Waals surface area (Å²) in [6, 6.07) is 3.25. The van der Waals surface area contributed by atoms with Gasteiger partial charge in [0.15, 0.2) is 0 Å². The van der Waals surface area contributed by atoms with E-state index in [0.29, 0.717) is 26.3 Å². The Bertz CT molecular complexity index is 325. The predicted octanol–water partition coefficient (Wildman–Crippen LogP) is 0.308. The van der Waals surface area contributed by atoms with Crippen LogP contribution in [0.3, 0.4) is 0 Å². The van der Waals surface area contributed by atoms with Crippen LogP contribution in [0.25, 0.3) is 0 Å². The molecule has 0 aliphatic carbocycles. The van der Waals surface area contributed by atoms with Crippen molar-refractivity contribution in [2.24, 2.45) is 0 Å². The van der Waals surface area contributed by atoms with Gasteiger partial charge >= 0.3 is 6.09 Å². The lowest BCUT2D eigenvalue weighted by atomic mass is 10.4. The first-order chi connectivity index (χ1) is 7.36. The molecule has 0 unspecified atom stereocenters. The van der Waals surface area contributed by atoms with Gasteiger partial charge in [-0.1, -0.05) is 0 Å². The quantitative estimate of drug-likeness (QED) is 0.666. The zero-order chi connectivity index (χ0) is 10.5. The van der Waals surface area contributed by atoms with Gasteiger partial charge in [0.2, 0.25) is 5.88 Å². The van der Waals surface area contributed by atoms with E-state index >= 15 is 0 Å². The van der Waals surface area contributed by atoms with Crippen LogP contribution in [-0.4, -0.2) is 47.5 Å². The summed E-state index contributed by atoms with van der Waals surface area (Å²) in [5.41, 5.74) is 0. The number of morpholine rings is 1. The molecule has 1 aromatic heterocycles. The summed E-state index contributed by atoms with van der Waals surface area (Å²) < 4.78 is 10.1. The van der Waals surface area contributed by atoms with Gasteiger partial charge in [-0.25, -0.2) is 4.79 Å². The van der Waals surface area contributed by atoms with Gasteiger partial charge in [0.1, 0.15) is 0 Å². The SMILES string of the molecule is O=C(Oc1cccnn1)N1CCOCC1. The molecule has 0 spiro atoms. The molecular formula is C9H11N3O3. The van der Waals surface area contributed by atoms with Crippen molar-refractivity contribution < 1.29 is 14.3 Å². The minimum atomic E-state index is -0.404. The molecule has 0 bridgehead atoms. The lowest BCUT2D eigenvalue weighted by Gasteiger charge is -2.25. The second-order valence-corrected chi connectivity index (χ2v) is 3.03. The third-order valence-electron chi connectivity index (χ3n) is 2.01. The van der Waals surface area contributed by atoms with Crippen LogP contribution in [-0.2, 0) is 4.74 Å². The molecule has 1 aliphatic heterocycles. The van der Waals surface area contributed by atoms with Crippen LogP contribution in [0.1, 0.15) is 0 Å². The van der Waals surface area contributed by atoms with Crippen molar-refractivity contribution in [1.29, 1.82) is 0 Å². The third kappa shape index (κ3) is 2.63. The van der Waals surface area contributed by atoms with Crippen LogP contribution in [0.2, 0.25) is 0 Å². The lowest BCUT2D eigenvalue weighted by Crippen LogP contribution is -2.42. The number of amides is 1. The van der Waals surface area contributed by atoms with E-state index in [1.165, 1.54) is 6.20 Å². The largest absolute Gasteiger partial charge is 0.416 e. The highest BCUT2D eigenvalue weighted by molar-refractivity contribution is 5.70. The molecule has 6 nitrogen and oxygen atoms in total. The van der Waals surface area contributed by atoms with Crippen molar-refractivity contribution in [2.45, 2.75) is 0 Å². The summed E-state index contributed by atoms with van der Waals surface area (Å²) in [4.78, 5) is 13.1. The minimum absolute atomic E-state index is 0.217. The second-order valence-electron chi connectivity index (χ2n) is 3.03. The number of hydrogen-bond acceptors (Lipinski definition) is 5. The molecule has 6 heteroatoms. The van der Waals surface area contributed by atoms with E-state index in [4.69, 9.17) is 9.47 Å². The smallest absolute Gasteiger partial charge is 0.389 e. The summed E-state index contributed by atoms with van der Waals surface area (Å²) in [5, 5.41) is 7.28. The van der Waals surface area contributed by atoms with Gasteiger partial charge in [0, 0.05) is 25.4 Å². The van der Waals surface area contributed by atoms with Gasteiger partial charge in [0.25, 0.3) is 0 Å². The van der Waals surface area contributed by atoms with Gasteiger partial charge in [-0.15, -0.1) is 5.10 Å². The van der Waals surface area contributed by atoms with Gasteiger partial charge in [0.05, 0.1) is 13.2 Å². The average Bonchev–Trinajstić information content (AvgIpc) is 2.31. The Hall–Kier alpha value is -1.69. The zero-order valence-electron chi connectivity index (χ0n) is 8.13. The maximum Gasteiger partial charge on any atom is 0.416 e. The second kappa shape index (κ2) is 4.70. The Labute approximate surface area is 86.8 Å². The zero-order valence-corrected chi connectivity index (χ0v) is 8.13. The molecule has 0 radical (unpaired) electrons. The highest BCUT2D eigenvalue weighted by Gasteiger charge is 2.18. The highest BCUT2D eigenvalue weighted by Crippen LogP contribution is 2.06. The standard InChI is InChI=1S/C9H11N3O3/c13-9(12-4-6-14-7-5-12)15-8-2-1-3-10-11-8/h1-3H,4-7H2. The van der Waals surface area contributed by atoms with Crippen LogP contribution in [0.4, 0.5) is 4.79 Å². The molecule has 0 atom stereocenters. The minimum Gasteiger partial charge on any atom is -0.389 e. The number of rotatable bonds is 1. The number of aromatic nitrogens is 2. The Kier molecular flexibility index (Phi) is 3.08. The number of nitrogens with zero attached hydrogens (tertiary/aromatic N) is 3. The third-order valence-corrected chi connectivity index (χ3v) is 2.01. The summed E-state index contributed by atoms with van der Waals surface area (Å²) >= 11 is 0. The van der Waals surface area contributed by atoms with E-state index in [0.717, 1.165) is 0 Å². The Morgan fingerprint density at radius 1 is 1.47 bits per heavy atom. The first-order valence-corrected chi connectivity index (χ1v) is 4.68. The monoisotopic (exact) mass is 209 g/mol. The van der Waals surface area contributed by atoms with E-state index in [1.54, 1.807) is 17.0 Å². The Morgan fingerprint density at radius 3 is 2.93 bits per heavy atom. The lowest BCUT2D eigenvalue weighted by molar-refractivity contribution is 0.0411. The van der Waals surface area contributed by atoms with Crippen molar-refractivity contribution in [3.8, 4) is 5.88 Å². The first kappa shape index (κ1) is 9.85.